The summed E-state index contributed by atoms with van der Waals surface area (Å²) in [5.41, 5.74) is 0. The van der Waals surface area contributed by atoms with Gasteiger partial charge in [-0.1, -0.05) is 19.8 Å². The number of carboxylic acid groups (broad SMARTS) is 1. The van der Waals surface area contributed by atoms with Crippen LogP contribution in [0.3, 0.4) is 0 Å². The van der Waals surface area contributed by atoms with Gasteiger partial charge in [-0.05, 0) is 24.7 Å². The molecule has 1 saturated carbocycles. The third-order valence-corrected chi connectivity index (χ3v) is 2.99. The van der Waals surface area contributed by atoms with Gasteiger partial charge in [-0.2, -0.15) is 0 Å². The fraction of sp³-hybridized carbons (Fsp3) is 0.900. The molecule has 0 aromatic heterocycles. The summed E-state index contributed by atoms with van der Waals surface area (Å²) in [6.07, 6.45) is 4.10. The Balaban J connectivity index is 2.26. The van der Waals surface area contributed by atoms with Crippen LogP contribution in [-0.4, -0.2) is 29.7 Å². The summed E-state index contributed by atoms with van der Waals surface area (Å²) >= 11 is 0. The second-order valence-corrected chi connectivity index (χ2v) is 4.29. The maximum Gasteiger partial charge on any atom is 0.407 e. The van der Waals surface area contributed by atoms with Gasteiger partial charge in [0.05, 0.1) is 0 Å². The highest BCUT2D eigenvalue weighted by Gasteiger charge is 2.20. The lowest BCUT2D eigenvalue weighted by molar-refractivity contribution is 0.140. The summed E-state index contributed by atoms with van der Waals surface area (Å²) in [4.78, 5) is 12.0. The molecule has 0 radical (unpaired) electrons. The standard InChI is InChI=1S/C10H19NO2/c1-8-3-5-9(6-4-8)7-11(2)10(12)13/h8-9H,3-7H2,1-2H3,(H,12,13). The lowest BCUT2D eigenvalue weighted by Gasteiger charge is -2.28. The van der Waals surface area contributed by atoms with E-state index in [9.17, 15) is 4.79 Å². The molecule has 1 fully saturated rings. The molecule has 0 aliphatic heterocycles. The van der Waals surface area contributed by atoms with Gasteiger partial charge < -0.3 is 10.0 Å². The van der Waals surface area contributed by atoms with Crippen LogP contribution >= 0.6 is 0 Å². The minimum Gasteiger partial charge on any atom is -0.465 e. The molecule has 1 amide bonds. The number of nitrogens with zero attached hydrogens (tertiary/aromatic N) is 1. The van der Waals surface area contributed by atoms with Crippen molar-refractivity contribution in [3.05, 3.63) is 0 Å². The third kappa shape index (κ3) is 3.25. The minimum atomic E-state index is -0.807. The van der Waals surface area contributed by atoms with Gasteiger partial charge in [0, 0.05) is 13.6 Å². The van der Waals surface area contributed by atoms with E-state index in [2.05, 4.69) is 6.92 Å². The Bertz CT molecular complexity index is 174. The van der Waals surface area contributed by atoms with E-state index in [1.807, 2.05) is 0 Å². The van der Waals surface area contributed by atoms with E-state index in [4.69, 9.17) is 5.11 Å². The van der Waals surface area contributed by atoms with Crippen molar-refractivity contribution in [2.24, 2.45) is 11.8 Å². The normalized spacial score (nSPS) is 28.5. The largest absolute Gasteiger partial charge is 0.465 e. The Kier molecular flexibility index (Phi) is 3.58. The van der Waals surface area contributed by atoms with Gasteiger partial charge in [-0.25, -0.2) is 4.79 Å². The van der Waals surface area contributed by atoms with E-state index in [0.29, 0.717) is 12.5 Å². The molecule has 0 heterocycles. The molecule has 0 atom stereocenters. The monoisotopic (exact) mass is 185 g/mol. The molecule has 0 unspecified atom stereocenters. The third-order valence-electron chi connectivity index (χ3n) is 2.99. The molecular weight excluding hydrogens is 166 g/mol. The minimum absolute atomic E-state index is 0.595. The maximum atomic E-state index is 10.6. The first-order chi connectivity index (χ1) is 6.09. The summed E-state index contributed by atoms with van der Waals surface area (Å²) in [6.45, 7) is 2.99. The number of carbonyl (C=O) groups is 1. The number of hydrogen-bond acceptors (Lipinski definition) is 1. The van der Waals surface area contributed by atoms with Gasteiger partial charge in [-0.15, -0.1) is 0 Å². The van der Waals surface area contributed by atoms with E-state index in [1.165, 1.54) is 30.6 Å². The van der Waals surface area contributed by atoms with Gasteiger partial charge in [0.2, 0.25) is 0 Å². The smallest absolute Gasteiger partial charge is 0.407 e. The zero-order valence-corrected chi connectivity index (χ0v) is 8.49. The highest BCUT2D eigenvalue weighted by Crippen LogP contribution is 2.28. The molecule has 76 valence electrons. The Hall–Kier alpha value is -0.730. The van der Waals surface area contributed by atoms with Crippen LogP contribution < -0.4 is 0 Å². The molecule has 1 rings (SSSR count). The molecule has 0 aromatic rings. The van der Waals surface area contributed by atoms with E-state index in [1.54, 1.807) is 7.05 Å². The van der Waals surface area contributed by atoms with Crippen molar-refractivity contribution in [1.29, 1.82) is 0 Å². The maximum absolute atomic E-state index is 10.6. The average molecular weight is 185 g/mol. The van der Waals surface area contributed by atoms with Crippen LogP contribution in [0.25, 0.3) is 0 Å². The van der Waals surface area contributed by atoms with Gasteiger partial charge in [-0.3, -0.25) is 0 Å². The van der Waals surface area contributed by atoms with Crippen molar-refractivity contribution in [3.63, 3.8) is 0 Å². The molecule has 1 aliphatic carbocycles. The van der Waals surface area contributed by atoms with Crippen LogP contribution in [0.2, 0.25) is 0 Å². The Morgan fingerprint density at radius 3 is 2.38 bits per heavy atom. The van der Waals surface area contributed by atoms with Crippen molar-refractivity contribution in [3.8, 4) is 0 Å². The summed E-state index contributed by atoms with van der Waals surface area (Å²) < 4.78 is 0. The average Bonchev–Trinajstić information content (AvgIpc) is 2.08. The van der Waals surface area contributed by atoms with Crippen LogP contribution in [-0.2, 0) is 0 Å². The number of hydrogen-bond donors (Lipinski definition) is 1. The predicted octanol–water partition coefficient (Wildman–Crippen LogP) is 2.42. The molecule has 3 heteroatoms. The quantitative estimate of drug-likeness (QED) is 0.717. The molecule has 0 saturated heterocycles. The van der Waals surface area contributed by atoms with Gasteiger partial charge in [0.1, 0.15) is 0 Å². The fourth-order valence-corrected chi connectivity index (χ4v) is 1.98. The van der Waals surface area contributed by atoms with Crippen LogP contribution in [0.1, 0.15) is 32.6 Å². The first-order valence-electron chi connectivity index (χ1n) is 5.03. The van der Waals surface area contributed by atoms with Crippen LogP contribution in [0, 0.1) is 11.8 Å². The fourth-order valence-electron chi connectivity index (χ4n) is 1.98. The van der Waals surface area contributed by atoms with Crippen molar-refractivity contribution in [1.82, 2.24) is 4.90 Å². The number of rotatable bonds is 2. The molecule has 3 nitrogen and oxygen atoms in total. The van der Waals surface area contributed by atoms with Gasteiger partial charge in [0.15, 0.2) is 0 Å². The van der Waals surface area contributed by atoms with Crippen LogP contribution in [0.5, 0.6) is 0 Å². The molecule has 1 aliphatic rings. The van der Waals surface area contributed by atoms with Crippen molar-refractivity contribution in [2.75, 3.05) is 13.6 Å². The zero-order valence-electron chi connectivity index (χ0n) is 8.49. The molecule has 0 bridgehead atoms. The lowest BCUT2D eigenvalue weighted by Crippen LogP contribution is -2.32. The SMILES string of the molecule is CC1CCC(CN(C)C(=O)O)CC1. The molecule has 13 heavy (non-hydrogen) atoms. The Labute approximate surface area is 79.7 Å². The lowest BCUT2D eigenvalue weighted by atomic mass is 9.83. The van der Waals surface area contributed by atoms with Crippen LogP contribution in [0.4, 0.5) is 4.79 Å². The first-order valence-corrected chi connectivity index (χ1v) is 5.03. The molecular formula is C10H19NO2. The van der Waals surface area contributed by atoms with E-state index < -0.39 is 6.09 Å². The van der Waals surface area contributed by atoms with E-state index in [0.717, 1.165) is 5.92 Å². The van der Waals surface area contributed by atoms with Crippen molar-refractivity contribution in [2.45, 2.75) is 32.6 Å². The second kappa shape index (κ2) is 4.49. The van der Waals surface area contributed by atoms with Crippen LogP contribution in [0.15, 0.2) is 0 Å². The molecule has 1 N–H and O–H groups in total. The van der Waals surface area contributed by atoms with E-state index >= 15 is 0 Å². The summed E-state index contributed by atoms with van der Waals surface area (Å²) in [7, 11) is 1.65. The van der Waals surface area contributed by atoms with Crippen molar-refractivity contribution >= 4 is 6.09 Å². The highest BCUT2D eigenvalue weighted by molar-refractivity contribution is 5.64. The highest BCUT2D eigenvalue weighted by atomic mass is 16.4. The molecule has 0 spiro atoms. The Morgan fingerprint density at radius 2 is 1.92 bits per heavy atom. The predicted molar refractivity (Wildman–Crippen MR) is 51.8 cm³/mol. The number of amides is 1. The second-order valence-electron chi connectivity index (χ2n) is 4.29. The summed E-state index contributed by atoms with van der Waals surface area (Å²) in [6, 6.07) is 0. The van der Waals surface area contributed by atoms with E-state index in [-0.39, 0.29) is 0 Å². The summed E-state index contributed by atoms with van der Waals surface area (Å²) in [5.74, 6) is 1.43. The van der Waals surface area contributed by atoms with Crippen molar-refractivity contribution < 1.29 is 9.90 Å². The zero-order chi connectivity index (χ0) is 9.84. The summed E-state index contributed by atoms with van der Waals surface area (Å²) in [5, 5.41) is 8.69. The van der Waals surface area contributed by atoms with Gasteiger partial charge in [0.25, 0.3) is 0 Å². The topological polar surface area (TPSA) is 40.5 Å². The Morgan fingerprint density at radius 1 is 1.38 bits per heavy atom. The molecule has 0 aromatic carbocycles. The first kappa shape index (κ1) is 10.4. The van der Waals surface area contributed by atoms with Gasteiger partial charge >= 0.3 is 6.09 Å².